The molecule has 3 heteroatoms. The number of nitrogens with one attached hydrogen (secondary N) is 1. The van der Waals surface area contributed by atoms with Crippen LogP contribution in [-0.4, -0.2) is 17.8 Å². The van der Waals surface area contributed by atoms with Crippen LogP contribution in [-0.2, 0) is 4.79 Å². The van der Waals surface area contributed by atoms with Gasteiger partial charge in [-0.15, -0.1) is 11.6 Å². The Morgan fingerprint density at radius 2 is 2.23 bits per heavy atom. The van der Waals surface area contributed by atoms with Gasteiger partial charge in [-0.1, -0.05) is 20.3 Å². The summed E-state index contributed by atoms with van der Waals surface area (Å²) in [5, 5.41) is 2.97. The third kappa shape index (κ3) is 2.60. The van der Waals surface area contributed by atoms with Crippen LogP contribution in [0.1, 0.15) is 33.1 Å². The molecule has 0 saturated heterocycles. The lowest BCUT2D eigenvalue weighted by Crippen LogP contribution is -2.38. The Morgan fingerprint density at radius 3 is 2.69 bits per heavy atom. The molecule has 1 fully saturated rings. The lowest BCUT2D eigenvalue weighted by atomic mass is 9.93. The number of halogens is 1. The van der Waals surface area contributed by atoms with Crippen LogP contribution in [0.25, 0.3) is 0 Å². The zero-order chi connectivity index (χ0) is 9.84. The average molecular weight is 204 g/mol. The smallest absolute Gasteiger partial charge is 0.235 e. The normalized spacial score (nSPS) is 33.3. The lowest BCUT2D eigenvalue weighted by molar-refractivity contribution is -0.119. The van der Waals surface area contributed by atoms with Gasteiger partial charge in [-0.25, -0.2) is 0 Å². The van der Waals surface area contributed by atoms with E-state index in [2.05, 4.69) is 19.2 Å². The van der Waals surface area contributed by atoms with Crippen molar-refractivity contribution >= 4 is 17.5 Å². The maximum absolute atomic E-state index is 11.1. The summed E-state index contributed by atoms with van der Waals surface area (Å²) >= 11 is 5.44. The van der Waals surface area contributed by atoms with Gasteiger partial charge in [0.2, 0.25) is 5.91 Å². The molecule has 1 saturated carbocycles. The third-order valence-corrected chi connectivity index (χ3v) is 3.46. The van der Waals surface area contributed by atoms with Crippen molar-refractivity contribution in [3.05, 3.63) is 0 Å². The summed E-state index contributed by atoms with van der Waals surface area (Å²) in [4.78, 5) is 11.1. The predicted molar refractivity (Wildman–Crippen MR) is 54.8 cm³/mol. The molecule has 0 aromatic rings. The molecule has 0 bridgehead atoms. The molecule has 0 aromatic heterocycles. The van der Waals surface area contributed by atoms with E-state index in [9.17, 15) is 4.79 Å². The van der Waals surface area contributed by atoms with Crippen molar-refractivity contribution in [1.82, 2.24) is 5.32 Å². The minimum absolute atomic E-state index is 0.0322. The van der Waals surface area contributed by atoms with Crippen LogP contribution in [0.4, 0.5) is 0 Å². The molecule has 2 nitrogen and oxygen atoms in total. The molecule has 0 radical (unpaired) electrons. The fourth-order valence-electron chi connectivity index (χ4n) is 2.27. The summed E-state index contributed by atoms with van der Waals surface area (Å²) in [5.74, 6) is 1.44. The first-order valence-electron chi connectivity index (χ1n) is 5.04. The van der Waals surface area contributed by atoms with E-state index in [1.165, 1.54) is 12.8 Å². The molecule has 1 aliphatic carbocycles. The van der Waals surface area contributed by atoms with Crippen molar-refractivity contribution in [2.24, 2.45) is 11.8 Å². The Balaban J connectivity index is 2.40. The number of hydrogen-bond acceptors (Lipinski definition) is 1. The summed E-state index contributed by atoms with van der Waals surface area (Å²) in [6.07, 6.45) is 3.57. The van der Waals surface area contributed by atoms with Crippen molar-refractivity contribution < 1.29 is 4.79 Å². The van der Waals surface area contributed by atoms with Crippen LogP contribution in [0.2, 0.25) is 0 Å². The van der Waals surface area contributed by atoms with Gasteiger partial charge in [0.25, 0.3) is 0 Å². The third-order valence-electron chi connectivity index (χ3n) is 3.22. The highest BCUT2D eigenvalue weighted by atomic mass is 35.5. The van der Waals surface area contributed by atoms with E-state index in [0.29, 0.717) is 12.0 Å². The monoisotopic (exact) mass is 203 g/mol. The Labute approximate surface area is 85.0 Å². The minimum Gasteiger partial charge on any atom is -0.352 e. The second-order valence-corrected chi connectivity index (χ2v) is 4.18. The molecular weight excluding hydrogens is 186 g/mol. The highest BCUT2D eigenvalue weighted by Crippen LogP contribution is 2.33. The van der Waals surface area contributed by atoms with Crippen LogP contribution in [0.15, 0.2) is 0 Å². The molecule has 3 unspecified atom stereocenters. The number of rotatable bonds is 3. The molecule has 0 heterocycles. The summed E-state index contributed by atoms with van der Waals surface area (Å²) < 4.78 is 0. The molecule has 1 rings (SSSR count). The van der Waals surface area contributed by atoms with E-state index in [-0.39, 0.29) is 11.8 Å². The quantitative estimate of drug-likeness (QED) is 0.700. The number of amides is 1. The second kappa shape index (κ2) is 4.85. The molecule has 76 valence electrons. The summed E-state index contributed by atoms with van der Waals surface area (Å²) in [6.45, 7) is 4.44. The van der Waals surface area contributed by atoms with E-state index in [0.717, 1.165) is 12.3 Å². The SMILES string of the molecule is CCC1CCC(NC(=O)CCl)C1C. The molecule has 0 aliphatic heterocycles. The number of alkyl halides is 1. The standard InChI is InChI=1S/C10H18ClNO/c1-3-8-4-5-9(7(8)2)12-10(13)6-11/h7-9H,3-6H2,1-2H3,(H,12,13). The van der Waals surface area contributed by atoms with E-state index in [4.69, 9.17) is 11.6 Å². The molecule has 13 heavy (non-hydrogen) atoms. The number of hydrogen-bond donors (Lipinski definition) is 1. The topological polar surface area (TPSA) is 29.1 Å². The van der Waals surface area contributed by atoms with Gasteiger partial charge in [0.05, 0.1) is 0 Å². The first-order chi connectivity index (χ1) is 6.19. The van der Waals surface area contributed by atoms with Gasteiger partial charge in [-0.05, 0) is 24.7 Å². The van der Waals surface area contributed by atoms with Crippen molar-refractivity contribution in [1.29, 1.82) is 0 Å². The first-order valence-corrected chi connectivity index (χ1v) is 5.57. The van der Waals surface area contributed by atoms with Crippen molar-refractivity contribution in [2.75, 3.05) is 5.88 Å². The highest BCUT2D eigenvalue weighted by Gasteiger charge is 2.31. The molecule has 1 aliphatic rings. The zero-order valence-electron chi connectivity index (χ0n) is 8.35. The van der Waals surface area contributed by atoms with Crippen molar-refractivity contribution in [3.8, 4) is 0 Å². The maximum atomic E-state index is 11.1. The number of carbonyl (C=O) groups excluding carboxylic acids is 1. The summed E-state index contributed by atoms with van der Waals surface area (Å²) in [7, 11) is 0. The fourth-order valence-corrected chi connectivity index (χ4v) is 2.35. The molecule has 3 atom stereocenters. The first kappa shape index (κ1) is 10.8. The summed E-state index contributed by atoms with van der Waals surface area (Å²) in [6, 6.07) is 0.358. The lowest BCUT2D eigenvalue weighted by Gasteiger charge is -2.20. The van der Waals surface area contributed by atoms with Gasteiger partial charge in [0.1, 0.15) is 5.88 Å². The Bertz CT molecular complexity index is 184. The molecule has 0 spiro atoms. The van der Waals surface area contributed by atoms with E-state index < -0.39 is 0 Å². The van der Waals surface area contributed by atoms with E-state index >= 15 is 0 Å². The van der Waals surface area contributed by atoms with E-state index in [1.54, 1.807) is 0 Å². The van der Waals surface area contributed by atoms with Crippen LogP contribution in [0, 0.1) is 11.8 Å². The second-order valence-electron chi connectivity index (χ2n) is 3.91. The van der Waals surface area contributed by atoms with Gasteiger partial charge in [-0.2, -0.15) is 0 Å². The van der Waals surface area contributed by atoms with Gasteiger partial charge in [-0.3, -0.25) is 4.79 Å². The largest absolute Gasteiger partial charge is 0.352 e. The van der Waals surface area contributed by atoms with Crippen molar-refractivity contribution in [2.45, 2.75) is 39.2 Å². The number of carbonyl (C=O) groups is 1. The van der Waals surface area contributed by atoms with Gasteiger partial charge in [0, 0.05) is 6.04 Å². The summed E-state index contributed by atoms with van der Waals surface area (Å²) in [5.41, 5.74) is 0. The molecular formula is C10H18ClNO. The molecule has 1 amide bonds. The average Bonchev–Trinajstić information content (AvgIpc) is 2.48. The Hall–Kier alpha value is -0.240. The zero-order valence-corrected chi connectivity index (χ0v) is 9.10. The van der Waals surface area contributed by atoms with Crippen LogP contribution >= 0.6 is 11.6 Å². The highest BCUT2D eigenvalue weighted by molar-refractivity contribution is 6.27. The molecule has 0 aromatic carbocycles. The predicted octanol–water partition coefficient (Wildman–Crippen LogP) is 2.17. The minimum atomic E-state index is -0.0322. The van der Waals surface area contributed by atoms with Crippen LogP contribution in [0.5, 0.6) is 0 Å². The van der Waals surface area contributed by atoms with Gasteiger partial charge in [0.15, 0.2) is 0 Å². The Morgan fingerprint density at radius 1 is 1.54 bits per heavy atom. The fraction of sp³-hybridized carbons (Fsp3) is 0.900. The van der Waals surface area contributed by atoms with Crippen LogP contribution in [0.3, 0.4) is 0 Å². The van der Waals surface area contributed by atoms with Crippen LogP contribution < -0.4 is 5.32 Å². The van der Waals surface area contributed by atoms with Gasteiger partial charge < -0.3 is 5.32 Å². The van der Waals surface area contributed by atoms with E-state index in [1.807, 2.05) is 0 Å². The van der Waals surface area contributed by atoms with Crippen molar-refractivity contribution in [3.63, 3.8) is 0 Å². The maximum Gasteiger partial charge on any atom is 0.235 e. The Kier molecular flexibility index (Phi) is 4.04. The molecule has 1 N–H and O–H groups in total. The van der Waals surface area contributed by atoms with Gasteiger partial charge >= 0.3 is 0 Å².